The molecule has 6 heteroatoms. The van der Waals surface area contributed by atoms with Crippen LogP contribution in [0.1, 0.15) is 10.9 Å². The van der Waals surface area contributed by atoms with Gasteiger partial charge in [0.2, 0.25) is 0 Å². The van der Waals surface area contributed by atoms with Crippen LogP contribution in [0.5, 0.6) is 5.75 Å². The molecule has 1 aliphatic rings. The van der Waals surface area contributed by atoms with Crippen LogP contribution in [0, 0.1) is 0 Å². The average Bonchev–Trinajstić information content (AvgIpc) is 3.07. The summed E-state index contributed by atoms with van der Waals surface area (Å²) in [7, 11) is 1.66. The molecule has 98 valence electrons. The fourth-order valence-corrected chi connectivity index (χ4v) is 2.93. The molecule has 1 unspecified atom stereocenters. The molecule has 0 radical (unpaired) electrons. The molecule has 0 amide bonds. The molecule has 5 nitrogen and oxygen atoms in total. The van der Waals surface area contributed by atoms with Crippen LogP contribution in [0.15, 0.2) is 41.0 Å². The lowest BCUT2D eigenvalue weighted by Gasteiger charge is -2.26. The number of aromatic nitrogens is 1. The third-order valence-corrected chi connectivity index (χ3v) is 3.99. The maximum absolute atomic E-state index is 6.04. The molecule has 2 heterocycles. The van der Waals surface area contributed by atoms with Gasteiger partial charge in [-0.1, -0.05) is 12.1 Å². The Bertz CT molecular complexity index is 596. The van der Waals surface area contributed by atoms with Gasteiger partial charge >= 0.3 is 0 Å². The molecule has 3 rings (SSSR count). The Kier molecular flexibility index (Phi) is 3.08. The highest BCUT2D eigenvalue weighted by Gasteiger charge is 2.31. The second-order valence-electron chi connectivity index (χ2n) is 4.16. The van der Waals surface area contributed by atoms with Crippen molar-refractivity contribution in [1.82, 2.24) is 4.98 Å². The molecule has 2 N–H and O–H groups in total. The summed E-state index contributed by atoms with van der Waals surface area (Å²) in [4.78, 5) is 11.6. The van der Waals surface area contributed by atoms with E-state index in [1.165, 1.54) is 0 Å². The van der Waals surface area contributed by atoms with Crippen LogP contribution in [0.3, 0.4) is 0 Å². The van der Waals surface area contributed by atoms with E-state index in [4.69, 9.17) is 10.5 Å². The fourth-order valence-electron chi connectivity index (χ4n) is 2.22. The normalized spacial score (nSPS) is 18.5. The number of hydrogen-bond donors (Lipinski definition) is 1. The first-order valence-electron chi connectivity index (χ1n) is 5.92. The Morgan fingerprint density at radius 1 is 1.42 bits per heavy atom. The molecule has 1 aliphatic heterocycles. The number of anilines is 1. The first-order chi connectivity index (χ1) is 9.31. The van der Waals surface area contributed by atoms with Gasteiger partial charge in [0, 0.05) is 11.1 Å². The zero-order valence-electron chi connectivity index (χ0n) is 10.5. The van der Waals surface area contributed by atoms with Gasteiger partial charge in [0.05, 0.1) is 30.9 Å². The molecular formula is C13H14N4OS. The third-order valence-electron chi connectivity index (χ3n) is 3.11. The highest BCUT2D eigenvalue weighted by Crippen LogP contribution is 2.37. The third kappa shape index (κ3) is 2.04. The smallest absolute Gasteiger partial charge is 0.196 e. The molecule has 1 atom stereocenters. The van der Waals surface area contributed by atoms with Crippen LogP contribution in [-0.4, -0.2) is 24.6 Å². The predicted molar refractivity (Wildman–Crippen MR) is 76.8 cm³/mol. The first kappa shape index (κ1) is 12.0. The van der Waals surface area contributed by atoms with Crippen molar-refractivity contribution >= 4 is 23.0 Å². The highest BCUT2D eigenvalue weighted by molar-refractivity contribution is 7.09. The van der Waals surface area contributed by atoms with Crippen molar-refractivity contribution in [2.45, 2.75) is 6.04 Å². The Labute approximate surface area is 115 Å². The van der Waals surface area contributed by atoms with Gasteiger partial charge in [0.1, 0.15) is 5.75 Å². The number of hydrogen-bond acceptors (Lipinski definition) is 6. The van der Waals surface area contributed by atoms with E-state index in [0.717, 1.165) is 16.3 Å². The fraction of sp³-hybridized carbons (Fsp3) is 0.231. The van der Waals surface area contributed by atoms with Gasteiger partial charge in [-0.3, -0.25) is 14.9 Å². The summed E-state index contributed by atoms with van der Waals surface area (Å²) in [6, 6.07) is 7.91. The van der Waals surface area contributed by atoms with Crippen molar-refractivity contribution in [1.29, 1.82) is 0 Å². The number of methoxy groups -OCH3 is 1. The summed E-state index contributed by atoms with van der Waals surface area (Å²) in [6.07, 6.45) is 1.87. The van der Waals surface area contributed by atoms with Gasteiger partial charge in [-0.15, -0.1) is 11.3 Å². The number of rotatable bonds is 3. The van der Waals surface area contributed by atoms with E-state index in [1.807, 2.05) is 40.9 Å². The summed E-state index contributed by atoms with van der Waals surface area (Å²) >= 11 is 1.61. The van der Waals surface area contributed by atoms with Crippen LogP contribution in [0.2, 0.25) is 0 Å². The summed E-state index contributed by atoms with van der Waals surface area (Å²) < 4.78 is 5.41. The first-order valence-corrected chi connectivity index (χ1v) is 6.80. The second kappa shape index (κ2) is 4.89. The van der Waals surface area contributed by atoms with Gasteiger partial charge < -0.3 is 10.5 Å². The predicted octanol–water partition coefficient (Wildman–Crippen LogP) is 2.03. The molecule has 1 aromatic carbocycles. The topological polar surface area (TPSA) is 63.7 Å². The number of nitrogens with zero attached hydrogens (tertiary/aromatic N) is 3. The van der Waals surface area contributed by atoms with E-state index in [-0.39, 0.29) is 6.04 Å². The largest absolute Gasteiger partial charge is 0.495 e. The molecule has 0 spiro atoms. The van der Waals surface area contributed by atoms with Crippen LogP contribution in [0.4, 0.5) is 5.69 Å². The average molecular weight is 274 g/mol. The summed E-state index contributed by atoms with van der Waals surface area (Å²) in [5.74, 6) is 1.31. The quantitative estimate of drug-likeness (QED) is 0.930. The molecule has 0 bridgehead atoms. The minimum atomic E-state index is 0.101. The van der Waals surface area contributed by atoms with Crippen LogP contribution < -0.4 is 15.4 Å². The second-order valence-corrected chi connectivity index (χ2v) is 5.08. The van der Waals surface area contributed by atoms with Crippen molar-refractivity contribution in [3.63, 3.8) is 0 Å². The molecule has 0 aliphatic carbocycles. The summed E-state index contributed by atoms with van der Waals surface area (Å²) in [5.41, 5.74) is 8.79. The molecule has 0 saturated heterocycles. The number of thiazole rings is 1. The van der Waals surface area contributed by atoms with Crippen molar-refractivity contribution < 1.29 is 4.74 Å². The van der Waals surface area contributed by atoms with E-state index < -0.39 is 0 Å². The van der Waals surface area contributed by atoms with Gasteiger partial charge in [-0.2, -0.15) is 0 Å². The molecule has 19 heavy (non-hydrogen) atoms. The maximum Gasteiger partial charge on any atom is 0.196 e. The molecular weight excluding hydrogens is 260 g/mol. The van der Waals surface area contributed by atoms with Gasteiger partial charge in [0.15, 0.2) is 5.96 Å². The summed E-state index contributed by atoms with van der Waals surface area (Å²) in [6.45, 7) is 0.645. The monoisotopic (exact) mass is 274 g/mol. The number of benzene rings is 1. The van der Waals surface area contributed by atoms with Gasteiger partial charge in [0.25, 0.3) is 0 Å². The Morgan fingerprint density at radius 3 is 3.00 bits per heavy atom. The zero-order chi connectivity index (χ0) is 13.2. The lowest BCUT2D eigenvalue weighted by Crippen LogP contribution is -2.36. The van der Waals surface area contributed by atoms with Crippen molar-refractivity contribution in [3.8, 4) is 5.75 Å². The molecule has 1 aromatic heterocycles. The molecule has 0 fully saturated rings. The number of nitrogens with two attached hydrogens (primary N) is 1. The van der Waals surface area contributed by atoms with Crippen molar-refractivity contribution in [2.24, 2.45) is 10.7 Å². The number of aliphatic imine (C=N–C) groups is 1. The number of ether oxygens (including phenoxy) is 1. The zero-order valence-corrected chi connectivity index (χ0v) is 11.3. The molecule has 0 saturated carbocycles. The Balaban J connectivity index is 2.03. The van der Waals surface area contributed by atoms with Crippen LogP contribution >= 0.6 is 11.3 Å². The maximum atomic E-state index is 6.04. The van der Waals surface area contributed by atoms with Gasteiger partial charge in [-0.05, 0) is 12.1 Å². The minimum Gasteiger partial charge on any atom is -0.495 e. The van der Waals surface area contributed by atoms with Gasteiger partial charge in [-0.25, -0.2) is 0 Å². The van der Waals surface area contributed by atoms with E-state index in [2.05, 4.69) is 9.98 Å². The lowest BCUT2D eigenvalue weighted by atomic mass is 10.2. The minimum absolute atomic E-state index is 0.101. The number of para-hydroxylation sites is 2. The lowest BCUT2D eigenvalue weighted by molar-refractivity contribution is 0.415. The Morgan fingerprint density at radius 2 is 2.26 bits per heavy atom. The van der Waals surface area contributed by atoms with E-state index >= 15 is 0 Å². The van der Waals surface area contributed by atoms with E-state index in [9.17, 15) is 0 Å². The Hall–Kier alpha value is -2.08. The SMILES string of the molecule is COc1ccccc1N1C(N)=NCC1c1cncs1. The van der Waals surface area contributed by atoms with Crippen molar-refractivity contribution in [2.75, 3.05) is 18.6 Å². The van der Waals surface area contributed by atoms with E-state index in [1.54, 1.807) is 18.4 Å². The van der Waals surface area contributed by atoms with Crippen LogP contribution in [-0.2, 0) is 0 Å². The standard InChI is InChI=1S/C13H14N4OS/c1-18-11-5-3-2-4-9(11)17-10(6-16-13(17)14)12-7-15-8-19-12/h2-5,7-8,10H,6H2,1H3,(H2,14,16). The van der Waals surface area contributed by atoms with Crippen molar-refractivity contribution in [3.05, 3.63) is 40.8 Å². The number of guanidine groups is 1. The van der Waals surface area contributed by atoms with Crippen LogP contribution in [0.25, 0.3) is 0 Å². The van der Waals surface area contributed by atoms with E-state index in [0.29, 0.717) is 12.5 Å². The molecule has 2 aromatic rings. The summed E-state index contributed by atoms with van der Waals surface area (Å²) in [5, 5.41) is 0. The highest BCUT2D eigenvalue weighted by atomic mass is 32.1.